The van der Waals surface area contributed by atoms with E-state index in [1.165, 1.54) is 19.3 Å². The largest absolute Gasteiger partial charge is 0.491 e. The zero-order valence-corrected chi connectivity index (χ0v) is 18.8. The summed E-state index contributed by atoms with van der Waals surface area (Å²) in [7, 11) is 0. The molecule has 1 aromatic rings. The van der Waals surface area contributed by atoms with E-state index in [0.717, 1.165) is 36.3 Å². The fourth-order valence-electron chi connectivity index (χ4n) is 3.48. The fourth-order valence-corrected chi connectivity index (χ4v) is 3.48. The number of guanidine groups is 1. The minimum atomic E-state index is 0.0165. The molecule has 0 aromatic heterocycles. The van der Waals surface area contributed by atoms with Crippen molar-refractivity contribution in [1.29, 1.82) is 0 Å². The van der Waals surface area contributed by atoms with Gasteiger partial charge in [0.25, 0.3) is 0 Å². The molecule has 0 atom stereocenters. The fraction of sp³-hybridized carbons (Fsp3) is 0.652. The van der Waals surface area contributed by atoms with Crippen LogP contribution < -0.4 is 20.7 Å². The summed E-state index contributed by atoms with van der Waals surface area (Å²) >= 11 is 0. The van der Waals surface area contributed by atoms with E-state index in [9.17, 15) is 4.79 Å². The number of carbonyl (C=O) groups excluding carboxylic acids is 1. The third-order valence-electron chi connectivity index (χ3n) is 5.05. The molecular formula is C23H38N4O3. The van der Waals surface area contributed by atoms with Crippen LogP contribution in [0.25, 0.3) is 0 Å². The topological polar surface area (TPSA) is 84.0 Å². The van der Waals surface area contributed by atoms with Crippen molar-refractivity contribution in [3.8, 4) is 5.75 Å². The molecule has 7 nitrogen and oxygen atoms in total. The van der Waals surface area contributed by atoms with Crippen LogP contribution in [-0.2, 0) is 16.1 Å². The molecule has 1 aliphatic rings. The van der Waals surface area contributed by atoms with Crippen LogP contribution in [0.5, 0.6) is 5.75 Å². The van der Waals surface area contributed by atoms with Crippen LogP contribution in [-0.4, -0.2) is 50.8 Å². The molecular weight excluding hydrogens is 380 g/mol. The van der Waals surface area contributed by atoms with Gasteiger partial charge < -0.3 is 25.4 Å². The molecule has 0 bridgehead atoms. The number of hydrogen-bond acceptors (Lipinski definition) is 4. The number of aliphatic imine (C=N–C) groups is 1. The van der Waals surface area contributed by atoms with Crippen molar-refractivity contribution >= 4 is 11.9 Å². The minimum Gasteiger partial charge on any atom is -0.491 e. The summed E-state index contributed by atoms with van der Waals surface area (Å²) in [4.78, 5) is 16.9. The predicted molar refractivity (Wildman–Crippen MR) is 121 cm³/mol. The molecule has 7 heteroatoms. The Kier molecular flexibility index (Phi) is 11.1. The normalized spacial score (nSPS) is 15.0. The van der Waals surface area contributed by atoms with Crippen LogP contribution in [0, 0.1) is 6.92 Å². The molecule has 2 rings (SSSR count). The molecule has 168 valence electrons. The zero-order chi connectivity index (χ0) is 21.6. The number of nitrogens with zero attached hydrogens (tertiary/aromatic N) is 1. The van der Waals surface area contributed by atoms with E-state index in [0.29, 0.717) is 38.4 Å². The summed E-state index contributed by atoms with van der Waals surface area (Å²) < 4.78 is 11.2. The van der Waals surface area contributed by atoms with Crippen molar-refractivity contribution in [2.75, 3.05) is 32.9 Å². The van der Waals surface area contributed by atoms with E-state index < -0.39 is 0 Å². The summed E-state index contributed by atoms with van der Waals surface area (Å²) in [6.45, 7) is 9.17. The summed E-state index contributed by atoms with van der Waals surface area (Å²) in [6.07, 6.45) is 5.85. The average Bonchev–Trinajstić information content (AvgIpc) is 2.75. The highest BCUT2D eigenvalue weighted by Crippen LogP contribution is 2.21. The van der Waals surface area contributed by atoms with Crippen LogP contribution in [0.15, 0.2) is 23.2 Å². The van der Waals surface area contributed by atoms with E-state index in [2.05, 4.69) is 27.0 Å². The number of carbonyl (C=O) groups is 1. The first-order chi connectivity index (χ1) is 14.6. The average molecular weight is 419 g/mol. The third kappa shape index (κ3) is 9.03. The lowest BCUT2D eigenvalue weighted by Crippen LogP contribution is -2.46. The Balaban J connectivity index is 1.90. The molecule has 1 aromatic carbocycles. The Labute approximate surface area is 181 Å². The van der Waals surface area contributed by atoms with Crippen molar-refractivity contribution in [2.45, 2.75) is 65.5 Å². The van der Waals surface area contributed by atoms with E-state index in [-0.39, 0.29) is 12.5 Å². The van der Waals surface area contributed by atoms with Crippen molar-refractivity contribution in [2.24, 2.45) is 4.99 Å². The lowest BCUT2D eigenvalue weighted by Gasteiger charge is -2.23. The third-order valence-corrected chi connectivity index (χ3v) is 5.05. The van der Waals surface area contributed by atoms with Crippen molar-refractivity contribution in [3.05, 3.63) is 29.3 Å². The van der Waals surface area contributed by atoms with Crippen LogP contribution in [0.4, 0.5) is 0 Å². The number of hydrogen-bond donors (Lipinski definition) is 3. The summed E-state index contributed by atoms with van der Waals surface area (Å²) in [5, 5.41) is 9.46. The van der Waals surface area contributed by atoms with E-state index >= 15 is 0 Å². The molecule has 0 saturated heterocycles. The molecule has 1 aliphatic carbocycles. The van der Waals surface area contributed by atoms with Gasteiger partial charge in [0.15, 0.2) is 5.96 Å². The van der Waals surface area contributed by atoms with E-state index in [1.807, 2.05) is 32.9 Å². The van der Waals surface area contributed by atoms with Gasteiger partial charge in [-0.25, -0.2) is 4.99 Å². The van der Waals surface area contributed by atoms with Gasteiger partial charge in [-0.15, -0.1) is 0 Å². The van der Waals surface area contributed by atoms with Crippen molar-refractivity contribution in [3.63, 3.8) is 0 Å². The lowest BCUT2D eigenvalue weighted by atomic mass is 9.95. The van der Waals surface area contributed by atoms with Gasteiger partial charge in [-0.1, -0.05) is 31.4 Å². The molecule has 1 saturated carbocycles. The van der Waals surface area contributed by atoms with E-state index in [1.54, 1.807) is 0 Å². The van der Waals surface area contributed by atoms with Gasteiger partial charge in [-0.3, -0.25) is 4.79 Å². The van der Waals surface area contributed by atoms with Gasteiger partial charge in [-0.2, -0.15) is 0 Å². The van der Waals surface area contributed by atoms with Crippen molar-refractivity contribution < 1.29 is 14.3 Å². The Hall–Kier alpha value is -2.28. The predicted octanol–water partition coefficient (Wildman–Crippen LogP) is 2.91. The Morgan fingerprint density at radius 3 is 2.67 bits per heavy atom. The van der Waals surface area contributed by atoms with Gasteiger partial charge in [0.1, 0.15) is 12.4 Å². The molecule has 0 heterocycles. The number of amides is 1. The van der Waals surface area contributed by atoms with Gasteiger partial charge in [0, 0.05) is 24.8 Å². The molecule has 1 fully saturated rings. The molecule has 0 unspecified atom stereocenters. The summed E-state index contributed by atoms with van der Waals surface area (Å²) in [5.41, 5.74) is 2.14. The lowest BCUT2D eigenvalue weighted by molar-refractivity contribution is -0.120. The number of rotatable bonds is 11. The second-order valence-electron chi connectivity index (χ2n) is 7.61. The maximum atomic E-state index is 12.3. The first-order valence-electron chi connectivity index (χ1n) is 11.2. The van der Waals surface area contributed by atoms with Crippen LogP contribution in [0.1, 0.15) is 57.1 Å². The SMILES string of the molecule is CCNC(=NCc1ccc(C)cc1OCCOCC)NCC(=O)NC1CCCCC1. The first-order valence-corrected chi connectivity index (χ1v) is 11.2. The summed E-state index contributed by atoms with van der Waals surface area (Å²) in [5.74, 6) is 1.46. The number of aryl methyl sites for hydroxylation is 1. The summed E-state index contributed by atoms with van der Waals surface area (Å²) in [6, 6.07) is 6.43. The van der Waals surface area contributed by atoms with E-state index in [4.69, 9.17) is 9.47 Å². The first kappa shape index (κ1) is 24.0. The molecule has 0 aliphatic heterocycles. The zero-order valence-electron chi connectivity index (χ0n) is 18.8. The molecule has 3 N–H and O–H groups in total. The van der Waals surface area contributed by atoms with Gasteiger partial charge >= 0.3 is 0 Å². The highest BCUT2D eigenvalue weighted by Gasteiger charge is 2.15. The molecule has 30 heavy (non-hydrogen) atoms. The highest BCUT2D eigenvalue weighted by molar-refractivity contribution is 5.86. The number of ether oxygens (including phenoxy) is 2. The van der Waals surface area contributed by atoms with Gasteiger partial charge in [0.2, 0.25) is 5.91 Å². The number of benzene rings is 1. The molecule has 0 spiro atoms. The van der Waals surface area contributed by atoms with Gasteiger partial charge in [0.05, 0.1) is 19.7 Å². The Bertz CT molecular complexity index is 672. The monoisotopic (exact) mass is 418 g/mol. The van der Waals surface area contributed by atoms with Crippen LogP contribution in [0.3, 0.4) is 0 Å². The molecule has 0 radical (unpaired) electrons. The number of nitrogens with one attached hydrogen (secondary N) is 3. The van der Waals surface area contributed by atoms with Crippen LogP contribution >= 0.6 is 0 Å². The standard InChI is InChI=1S/C23H38N4O3/c1-4-24-23(26-17-22(28)27-20-9-7-6-8-10-20)25-16-19-12-11-18(3)15-21(19)30-14-13-29-5-2/h11-12,15,20H,4-10,13-14,16-17H2,1-3H3,(H,27,28)(H2,24,25,26). The highest BCUT2D eigenvalue weighted by atomic mass is 16.5. The molecule has 1 amide bonds. The second kappa shape index (κ2) is 13.9. The Morgan fingerprint density at radius 2 is 1.93 bits per heavy atom. The maximum absolute atomic E-state index is 12.3. The smallest absolute Gasteiger partial charge is 0.239 e. The quantitative estimate of drug-likeness (QED) is 0.292. The maximum Gasteiger partial charge on any atom is 0.239 e. The van der Waals surface area contributed by atoms with Crippen molar-refractivity contribution in [1.82, 2.24) is 16.0 Å². The minimum absolute atomic E-state index is 0.0165. The van der Waals surface area contributed by atoms with Crippen LogP contribution in [0.2, 0.25) is 0 Å². The Morgan fingerprint density at radius 1 is 1.13 bits per heavy atom. The second-order valence-corrected chi connectivity index (χ2v) is 7.61. The van der Waals surface area contributed by atoms with Gasteiger partial charge in [-0.05, 0) is 45.2 Å².